The minimum atomic E-state index is 0.539. The molecule has 27 heavy (non-hydrogen) atoms. The number of piperidine rings is 1. The molecule has 1 heterocycles. The van der Waals surface area contributed by atoms with E-state index < -0.39 is 0 Å². The van der Waals surface area contributed by atoms with Gasteiger partial charge in [0.25, 0.3) is 0 Å². The predicted molar refractivity (Wildman–Crippen MR) is 113 cm³/mol. The van der Waals surface area contributed by atoms with Crippen LogP contribution in [-0.2, 0) is 0 Å². The molecule has 2 fully saturated rings. The molecule has 2 aliphatic rings. The third-order valence-electron chi connectivity index (χ3n) is 5.90. The summed E-state index contributed by atoms with van der Waals surface area (Å²) in [6.07, 6.45) is 9.05. The van der Waals surface area contributed by atoms with Crippen LogP contribution in [-0.4, -0.2) is 56.2 Å². The van der Waals surface area contributed by atoms with Crippen LogP contribution in [0.4, 0.5) is 0 Å². The Bertz CT molecular complexity index is 590. The second kappa shape index (κ2) is 10.5. The van der Waals surface area contributed by atoms with Gasteiger partial charge in [-0.2, -0.15) is 0 Å². The Morgan fingerprint density at radius 2 is 1.89 bits per heavy atom. The van der Waals surface area contributed by atoms with E-state index in [1.165, 1.54) is 57.2 Å². The lowest BCUT2D eigenvalue weighted by Crippen LogP contribution is -2.50. The highest BCUT2D eigenvalue weighted by Gasteiger charge is 2.27. The van der Waals surface area contributed by atoms with Crippen molar-refractivity contribution in [2.45, 2.75) is 64.0 Å². The van der Waals surface area contributed by atoms with Crippen LogP contribution < -0.4 is 15.4 Å². The summed E-state index contributed by atoms with van der Waals surface area (Å²) in [7, 11) is 1.85. The number of nitrogens with one attached hydrogen (secondary N) is 2. The Labute approximate surface area is 164 Å². The summed E-state index contributed by atoms with van der Waals surface area (Å²) in [5.74, 6) is 1.90. The Morgan fingerprint density at radius 3 is 2.59 bits per heavy atom. The van der Waals surface area contributed by atoms with E-state index in [0.717, 1.165) is 30.7 Å². The fourth-order valence-electron chi connectivity index (χ4n) is 4.25. The molecule has 1 aliphatic heterocycles. The number of hydrogen-bond acceptors (Lipinski definition) is 3. The van der Waals surface area contributed by atoms with Crippen molar-refractivity contribution in [1.82, 2.24) is 15.5 Å². The molecular formula is C22H36N4O. The maximum Gasteiger partial charge on any atom is 0.191 e. The number of rotatable bonds is 7. The zero-order chi connectivity index (χ0) is 18.9. The smallest absolute Gasteiger partial charge is 0.191 e. The van der Waals surface area contributed by atoms with Gasteiger partial charge >= 0.3 is 0 Å². The molecule has 0 aromatic heterocycles. The minimum absolute atomic E-state index is 0.539. The Kier molecular flexibility index (Phi) is 7.81. The Hall–Kier alpha value is -1.75. The van der Waals surface area contributed by atoms with Gasteiger partial charge in [0, 0.05) is 38.8 Å². The lowest BCUT2D eigenvalue weighted by Gasteiger charge is -2.36. The normalized spacial score (nSPS) is 20.0. The quantitative estimate of drug-likeness (QED) is 0.438. The van der Waals surface area contributed by atoms with Crippen molar-refractivity contribution in [3.63, 3.8) is 0 Å². The molecule has 5 nitrogen and oxygen atoms in total. The standard InChI is InChI=1S/C22H36N4O/c1-18-8-3-6-11-21(18)27-17-7-14-24-22(23-2)25-19-12-15-26(16-13-19)20-9-4-5-10-20/h3,6,8,11,19-20H,4-5,7,9-10,12-17H2,1-2H3,(H2,23,24,25). The van der Waals surface area contributed by atoms with Gasteiger partial charge in [-0.05, 0) is 50.7 Å². The van der Waals surface area contributed by atoms with Crippen LogP contribution >= 0.6 is 0 Å². The molecule has 0 bridgehead atoms. The van der Waals surface area contributed by atoms with Gasteiger partial charge in [0.15, 0.2) is 5.96 Å². The third-order valence-corrected chi connectivity index (χ3v) is 5.90. The number of aryl methyl sites for hydroxylation is 1. The van der Waals surface area contributed by atoms with Gasteiger partial charge in [-0.1, -0.05) is 31.0 Å². The highest BCUT2D eigenvalue weighted by Crippen LogP contribution is 2.26. The summed E-state index contributed by atoms with van der Waals surface area (Å²) < 4.78 is 5.86. The van der Waals surface area contributed by atoms with E-state index in [1.807, 2.05) is 25.2 Å². The van der Waals surface area contributed by atoms with E-state index in [0.29, 0.717) is 12.6 Å². The summed E-state index contributed by atoms with van der Waals surface area (Å²) in [5.41, 5.74) is 1.19. The second-order valence-electron chi connectivity index (χ2n) is 7.86. The van der Waals surface area contributed by atoms with E-state index in [2.05, 4.69) is 33.5 Å². The molecule has 1 aliphatic carbocycles. The molecule has 0 spiro atoms. The van der Waals surface area contributed by atoms with Crippen molar-refractivity contribution in [1.29, 1.82) is 0 Å². The number of nitrogens with zero attached hydrogens (tertiary/aromatic N) is 2. The lowest BCUT2D eigenvalue weighted by atomic mass is 10.0. The molecular weight excluding hydrogens is 336 g/mol. The van der Waals surface area contributed by atoms with Crippen molar-refractivity contribution in [2.24, 2.45) is 4.99 Å². The molecule has 3 rings (SSSR count). The number of para-hydroxylation sites is 1. The summed E-state index contributed by atoms with van der Waals surface area (Å²) in [6, 6.07) is 9.56. The van der Waals surface area contributed by atoms with Crippen LogP contribution in [0.5, 0.6) is 5.75 Å². The zero-order valence-electron chi connectivity index (χ0n) is 17.0. The maximum atomic E-state index is 5.86. The van der Waals surface area contributed by atoms with Gasteiger partial charge in [-0.3, -0.25) is 4.99 Å². The van der Waals surface area contributed by atoms with E-state index in [-0.39, 0.29) is 0 Å². The number of benzene rings is 1. The van der Waals surface area contributed by atoms with Gasteiger partial charge in [-0.15, -0.1) is 0 Å². The Balaban J connectivity index is 1.30. The first-order valence-electron chi connectivity index (χ1n) is 10.7. The minimum Gasteiger partial charge on any atom is -0.493 e. The SMILES string of the molecule is CN=C(NCCCOc1ccccc1C)NC1CCN(C2CCCC2)CC1. The first kappa shape index (κ1) is 20.0. The zero-order valence-corrected chi connectivity index (χ0v) is 17.0. The van der Waals surface area contributed by atoms with E-state index in [4.69, 9.17) is 4.74 Å². The average molecular weight is 373 g/mol. The third kappa shape index (κ3) is 6.13. The summed E-state index contributed by atoms with van der Waals surface area (Å²) in [4.78, 5) is 7.10. The molecule has 1 aromatic rings. The van der Waals surface area contributed by atoms with Gasteiger partial charge in [0.05, 0.1) is 6.61 Å². The summed E-state index contributed by atoms with van der Waals surface area (Å²) >= 11 is 0. The fraction of sp³-hybridized carbons (Fsp3) is 0.682. The molecule has 0 atom stereocenters. The molecule has 5 heteroatoms. The van der Waals surface area contributed by atoms with E-state index >= 15 is 0 Å². The van der Waals surface area contributed by atoms with E-state index in [9.17, 15) is 0 Å². The fourth-order valence-corrected chi connectivity index (χ4v) is 4.25. The highest BCUT2D eigenvalue weighted by molar-refractivity contribution is 5.79. The van der Waals surface area contributed by atoms with Crippen molar-refractivity contribution in [3.8, 4) is 5.75 Å². The van der Waals surface area contributed by atoms with Gasteiger partial charge < -0.3 is 20.3 Å². The number of guanidine groups is 1. The van der Waals surface area contributed by atoms with Crippen LogP contribution in [0.3, 0.4) is 0 Å². The monoisotopic (exact) mass is 372 g/mol. The number of aliphatic imine (C=N–C) groups is 1. The number of ether oxygens (including phenoxy) is 1. The van der Waals surface area contributed by atoms with Crippen molar-refractivity contribution in [3.05, 3.63) is 29.8 Å². The number of likely N-dealkylation sites (tertiary alicyclic amines) is 1. The van der Waals surface area contributed by atoms with Crippen molar-refractivity contribution >= 4 is 5.96 Å². The lowest BCUT2D eigenvalue weighted by molar-refractivity contribution is 0.150. The topological polar surface area (TPSA) is 48.9 Å². The van der Waals surface area contributed by atoms with E-state index in [1.54, 1.807) is 0 Å². The van der Waals surface area contributed by atoms with Crippen LogP contribution in [0, 0.1) is 6.92 Å². The molecule has 0 radical (unpaired) electrons. The molecule has 0 unspecified atom stereocenters. The maximum absolute atomic E-state index is 5.86. The van der Waals surface area contributed by atoms with Crippen LogP contribution in [0.1, 0.15) is 50.5 Å². The molecule has 2 N–H and O–H groups in total. The molecule has 150 valence electrons. The Morgan fingerprint density at radius 1 is 1.15 bits per heavy atom. The number of hydrogen-bond donors (Lipinski definition) is 2. The predicted octanol–water partition coefficient (Wildman–Crippen LogP) is 3.34. The molecule has 1 saturated carbocycles. The van der Waals surface area contributed by atoms with Gasteiger partial charge in [-0.25, -0.2) is 0 Å². The summed E-state index contributed by atoms with van der Waals surface area (Å²) in [6.45, 7) is 6.12. The van der Waals surface area contributed by atoms with Crippen LogP contribution in [0.15, 0.2) is 29.3 Å². The van der Waals surface area contributed by atoms with Crippen LogP contribution in [0.25, 0.3) is 0 Å². The summed E-state index contributed by atoms with van der Waals surface area (Å²) in [5, 5.41) is 7.04. The van der Waals surface area contributed by atoms with Crippen molar-refractivity contribution in [2.75, 3.05) is 33.3 Å². The second-order valence-corrected chi connectivity index (χ2v) is 7.86. The van der Waals surface area contributed by atoms with Crippen LogP contribution in [0.2, 0.25) is 0 Å². The first-order valence-corrected chi connectivity index (χ1v) is 10.7. The van der Waals surface area contributed by atoms with Gasteiger partial charge in [0.2, 0.25) is 0 Å². The molecule has 0 amide bonds. The molecule has 1 saturated heterocycles. The average Bonchev–Trinajstić information content (AvgIpc) is 3.23. The molecule has 1 aromatic carbocycles. The van der Waals surface area contributed by atoms with Gasteiger partial charge in [0.1, 0.15) is 5.75 Å². The largest absolute Gasteiger partial charge is 0.493 e. The van der Waals surface area contributed by atoms with Crippen molar-refractivity contribution < 1.29 is 4.74 Å². The highest BCUT2D eigenvalue weighted by atomic mass is 16.5. The first-order chi connectivity index (χ1) is 13.3.